The second-order valence-electron chi connectivity index (χ2n) is 4.32. The summed E-state index contributed by atoms with van der Waals surface area (Å²) in [5, 5.41) is 0. The van der Waals surface area contributed by atoms with Crippen molar-refractivity contribution >= 4 is 11.8 Å². The minimum Gasteiger partial charge on any atom is -0.466 e. The van der Waals surface area contributed by atoms with Crippen LogP contribution in [0.5, 0.6) is 0 Å². The second kappa shape index (κ2) is 6.59. The normalized spacial score (nSPS) is 11.2. The summed E-state index contributed by atoms with van der Waals surface area (Å²) in [6.45, 7) is 8.08. The van der Waals surface area contributed by atoms with Crippen LogP contribution in [0.3, 0.4) is 0 Å². The summed E-state index contributed by atoms with van der Waals surface area (Å²) >= 11 is 0. The molecule has 3 heteroatoms. The first-order valence-corrected chi connectivity index (χ1v) is 5.63. The Labute approximate surface area is 92.2 Å². The standard InChI is InChI=1S/C12H22O3/c1-5-12(3,4)10(13)8-7-9-11(14)15-6-2/h5-9H2,1-4H3. The molecule has 0 amide bonds. The van der Waals surface area contributed by atoms with Crippen LogP contribution in [0.2, 0.25) is 0 Å². The molecule has 0 spiro atoms. The van der Waals surface area contributed by atoms with E-state index in [4.69, 9.17) is 4.74 Å². The molecular formula is C12H22O3. The van der Waals surface area contributed by atoms with Gasteiger partial charge in [0.15, 0.2) is 0 Å². The molecule has 0 fully saturated rings. The van der Waals surface area contributed by atoms with E-state index in [9.17, 15) is 9.59 Å². The third-order valence-electron chi connectivity index (χ3n) is 2.73. The van der Waals surface area contributed by atoms with Crippen LogP contribution in [0.25, 0.3) is 0 Å². The van der Waals surface area contributed by atoms with Gasteiger partial charge in [-0.3, -0.25) is 9.59 Å². The molecule has 15 heavy (non-hydrogen) atoms. The minimum atomic E-state index is -0.255. The Balaban J connectivity index is 3.78. The number of hydrogen-bond acceptors (Lipinski definition) is 3. The third-order valence-corrected chi connectivity index (χ3v) is 2.73. The summed E-state index contributed by atoms with van der Waals surface area (Å²) in [4.78, 5) is 22.7. The number of carbonyl (C=O) groups is 2. The highest BCUT2D eigenvalue weighted by atomic mass is 16.5. The molecule has 0 aromatic heterocycles. The van der Waals surface area contributed by atoms with Crippen LogP contribution in [0.4, 0.5) is 0 Å². The van der Waals surface area contributed by atoms with Gasteiger partial charge in [-0.1, -0.05) is 20.8 Å². The zero-order chi connectivity index (χ0) is 11.9. The number of esters is 1. The van der Waals surface area contributed by atoms with Gasteiger partial charge in [0.25, 0.3) is 0 Å². The van der Waals surface area contributed by atoms with Crippen LogP contribution in [0.1, 0.15) is 53.4 Å². The fourth-order valence-electron chi connectivity index (χ4n) is 1.16. The summed E-state index contributed by atoms with van der Waals surface area (Å²) in [6.07, 6.45) is 2.26. The van der Waals surface area contributed by atoms with Crippen LogP contribution < -0.4 is 0 Å². The Morgan fingerprint density at radius 3 is 2.20 bits per heavy atom. The second-order valence-corrected chi connectivity index (χ2v) is 4.32. The van der Waals surface area contributed by atoms with Gasteiger partial charge in [-0.25, -0.2) is 0 Å². The van der Waals surface area contributed by atoms with Gasteiger partial charge in [0.2, 0.25) is 0 Å². The van der Waals surface area contributed by atoms with Crippen molar-refractivity contribution in [1.29, 1.82) is 0 Å². The highest BCUT2D eigenvalue weighted by Crippen LogP contribution is 2.23. The van der Waals surface area contributed by atoms with E-state index in [1.165, 1.54) is 0 Å². The molecule has 0 rings (SSSR count). The predicted molar refractivity (Wildman–Crippen MR) is 59.6 cm³/mol. The van der Waals surface area contributed by atoms with E-state index < -0.39 is 0 Å². The first kappa shape index (κ1) is 14.1. The Hall–Kier alpha value is -0.860. The van der Waals surface area contributed by atoms with E-state index in [2.05, 4.69) is 0 Å². The molecule has 0 atom stereocenters. The van der Waals surface area contributed by atoms with Crippen molar-refractivity contribution < 1.29 is 14.3 Å². The number of ketones is 1. The number of Topliss-reactive ketones (excluding diaryl/α,β-unsaturated/α-hetero) is 1. The van der Waals surface area contributed by atoms with Crippen LogP contribution >= 0.6 is 0 Å². The molecule has 0 saturated heterocycles. The van der Waals surface area contributed by atoms with Crippen molar-refractivity contribution in [2.75, 3.05) is 6.61 Å². The van der Waals surface area contributed by atoms with Crippen LogP contribution in [-0.2, 0) is 14.3 Å². The van der Waals surface area contributed by atoms with Gasteiger partial charge in [0, 0.05) is 18.3 Å². The Bertz CT molecular complexity index is 219. The van der Waals surface area contributed by atoms with Crippen molar-refractivity contribution in [2.45, 2.75) is 53.4 Å². The number of rotatable bonds is 7. The zero-order valence-electron chi connectivity index (χ0n) is 10.3. The molecule has 0 aromatic carbocycles. The van der Waals surface area contributed by atoms with Crippen LogP contribution in [0, 0.1) is 5.41 Å². The molecule has 0 aliphatic heterocycles. The molecule has 0 N–H and O–H groups in total. The molecule has 0 aromatic rings. The Kier molecular flexibility index (Phi) is 6.21. The van der Waals surface area contributed by atoms with E-state index in [1.807, 2.05) is 20.8 Å². The summed E-state index contributed by atoms with van der Waals surface area (Å²) in [6, 6.07) is 0. The molecule has 0 aliphatic carbocycles. The lowest BCUT2D eigenvalue weighted by molar-refractivity contribution is -0.143. The van der Waals surface area contributed by atoms with E-state index in [0.717, 1.165) is 6.42 Å². The summed E-state index contributed by atoms with van der Waals surface area (Å²) in [5.41, 5.74) is -0.255. The van der Waals surface area contributed by atoms with Crippen molar-refractivity contribution in [3.05, 3.63) is 0 Å². The predicted octanol–water partition coefficient (Wildman–Crippen LogP) is 2.73. The fourth-order valence-corrected chi connectivity index (χ4v) is 1.16. The molecule has 0 bridgehead atoms. The lowest BCUT2D eigenvalue weighted by Gasteiger charge is -2.20. The molecule has 0 radical (unpaired) electrons. The zero-order valence-corrected chi connectivity index (χ0v) is 10.3. The van der Waals surface area contributed by atoms with Crippen LogP contribution in [-0.4, -0.2) is 18.4 Å². The molecule has 0 saturated carbocycles. The Morgan fingerprint density at radius 1 is 1.13 bits per heavy atom. The van der Waals surface area contributed by atoms with Gasteiger partial charge >= 0.3 is 5.97 Å². The first-order valence-electron chi connectivity index (χ1n) is 5.63. The average molecular weight is 214 g/mol. The maximum atomic E-state index is 11.7. The molecule has 88 valence electrons. The highest BCUT2D eigenvalue weighted by Gasteiger charge is 2.24. The fraction of sp³-hybridized carbons (Fsp3) is 0.833. The summed E-state index contributed by atoms with van der Waals surface area (Å²) < 4.78 is 4.79. The van der Waals surface area contributed by atoms with E-state index in [1.54, 1.807) is 6.92 Å². The molecular weight excluding hydrogens is 192 g/mol. The molecule has 3 nitrogen and oxygen atoms in total. The van der Waals surface area contributed by atoms with Gasteiger partial charge in [0.1, 0.15) is 5.78 Å². The van der Waals surface area contributed by atoms with Crippen molar-refractivity contribution in [3.63, 3.8) is 0 Å². The minimum absolute atomic E-state index is 0.209. The maximum absolute atomic E-state index is 11.7. The van der Waals surface area contributed by atoms with Gasteiger partial charge in [-0.05, 0) is 19.8 Å². The van der Waals surface area contributed by atoms with E-state index >= 15 is 0 Å². The number of carbonyl (C=O) groups excluding carboxylic acids is 2. The Morgan fingerprint density at radius 2 is 1.73 bits per heavy atom. The number of ether oxygens (including phenoxy) is 1. The lowest BCUT2D eigenvalue weighted by atomic mass is 9.83. The third kappa shape index (κ3) is 5.55. The van der Waals surface area contributed by atoms with Crippen LogP contribution in [0.15, 0.2) is 0 Å². The van der Waals surface area contributed by atoms with E-state index in [0.29, 0.717) is 25.9 Å². The topological polar surface area (TPSA) is 43.4 Å². The molecule has 0 aliphatic rings. The lowest BCUT2D eigenvalue weighted by Crippen LogP contribution is -2.23. The summed E-state index contributed by atoms with van der Waals surface area (Å²) in [7, 11) is 0. The summed E-state index contributed by atoms with van der Waals surface area (Å²) in [5.74, 6) is 0.0221. The highest BCUT2D eigenvalue weighted by molar-refractivity contribution is 5.84. The first-order chi connectivity index (χ1) is 6.94. The van der Waals surface area contributed by atoms with E-state index in [-0.39, 0.29) is 17.2 Å². The maximum Gasteiger partial charge on any atom is 0.305 e. The van der Waals surface area contributed by atoms with Gasteiger partial charge in [-0.15, -0.1) is 0 Å². The quantitative estimate of drug-likeness (QED) is 0.612. The van der Waals surface area contributed by atoms with Crippen molar-refractivity contribution in [1.82, 2.24) is 0 Å². The van der Waals surface area contributed by atoms with Gasteiger partial charge < -0.3 is 4.74 Å². The monoisotopic (exact) mass is 214 g/mol. The SMILES string of the molecule is CCOC(=O)CCCC(=O)C(C)(C)CC. The molecule has 0 unspecified atom stereocenters. The molecule has 0 heterocycles. The largest absolute Gasteiger partial charge is 0.466 e. The van der Waals surface area contributed by atoms with Gasteiger partial charge in [0.05, 0.1) is 6.61 Å². The van der Waals surface area contributed by atoms with Crippen molar-refractivity contribution in [3.8, 4) is 0 Å². The van der Waals surface area contributed by atoms with Crippen molar-refractivity contribution in [2.24, 2.45) is 5.41 Å². The smallest absolute Gasteiger partial charge is 0.305 e. The van der Waals surface area contributed by atoms with Gasteiger partial charge in [-0.2, -0.15) is 0 Å². The average Bonchev–Trinajstić information content (AvgIpc) is 2.18. The number of hydrogen-bond donors (Lipinski definition) is 0.